The van der Waals surface area contributed by atoms with Crippen molar-refractivity contribution in [3.8, 4) is 6.07 Å². The SMILES string of the molecule is CC(=CC#N)c1cc(F)c(C)cc1F. The van der Waals surface area contributed by atoms with Gasteiger partial charge in [0, 0.05) is 11.6 Å². The second-order valence-electron chi connectivity index (χ2n) is 3.04. The van der Waals surface area contributed by atoms with Crippen LogP contribution in [0.1, 0.15) is 18.1 Å². The minimum atomic E-state index is -0.507. The maximum atomic E-state index is 13.3. The van der Waals surface area contributed by atoms with Crippen molar-refractivity contribution < 1.29 is 8.78 Å². The highest BCUT2D eigenvalue weighted by atomic mass is 19.1. The topological polar surface area (TPSA) is 23.8 Å². The average Bonchev–Trinajstić information content (AvgIpc) is 2.11. The van der Waals surface area contributed by atoms with Crippen LogP contribution in [0.25, 0.3) is 5.57 Å². The lowest BCUT2D eigenvalue weighted by Gasteiger charge is -2.04. The summed E-state index contributed by atoms with van der Waals surface area (Å²) in [7, 11) is 0. The van der Waals surface area contributed by atoms with Crippen molar-refractivity contribution in [1.82, 2.24) is 0 Å². The van der Waals surface area contributed by atoms with Crippen molar-refractivity contribution in [3.63, 3.8) is 0 Å². The quantitative estimate of drug-likeness (QED) is 0.628. The fraction of sp³-hybridized carbons (Fsp3) is 0.182. The van der Waals surface area contributed by atoms with Gasteiger partial charge in [0.1, 0.15) is 11.6 Å². The molecule has 14 heavy (non-hydrogen) atoms. The van der Waals surface area contributed by atoms with Crippen LogP contribution in [0.5, 0.6) is 0 Å². The van der Waals surface area contributed by atoms with E-state index < -0.39 is 11.6 Å². The molecule has 0 fully saturated rings. The third kappa shape index (κ3) is 1.97. The first kappa shape index (κ1) is 10.4. The molecule has 0 bridgehead atoms. The lowest BCUT2D eigenvalue weighted by molar-refractivity contribution is 0.589. The molecule has 0 aliphatic carbocycles. The van der Waals surface area contributed by atoms with Crippen LogP contribution < -0.4 is 0 Å². The minimum Gasteiger partial charge on any atom is -0.207 e. The predicted octanol–water partition coefficient (Wildman–Crippen LogP) is 3.20. The summed E-state index contributed by atoms with van der Waals surface area (Å²) in [5.41, 5.74) is 0.814. The third-order valence-electron chi connectivity index (χ3n) is 1.95. The molecule has 0 N–H and O–H groups in total. The Labute approximate surface area is 81.3 Å². The van der Waals surface area contributed by atoms with Gasteiger partial charge in [0.05, 0.1) is 6.07 Å². The number of hydrogen-bond donors (Lipinski definition) is 0. The number of aryl methyl sites for hydroxylation is 1. The smallest absolute Gasteiger partial charge is 0.131 e. The first-order chi connectivity index (χ1) is 6.56. The highest BCUT2D eigenvalue weighted by Gasteiger charge is 2.08. The monoisotopic (exact) mass is 193 g/mol. The number of nitriles is 1. The molecule has 0 saturated heterocycles. The van der Waals surface area contributed by atoms with Crippen LogP contribution in [0.3, 0.4) is 0 Å². The largest absolute Gasteiger partial charge is 0.207 e. The lowest BCUT2D eigenvalue weighted by atomic mass is 10.0. The summed E-state index contributed by atoms with van der Waals surface area (Å²) < 4.78 is 26.4. The van der Waals surface area contributed by atoms with Gasteiger partial charge in [-0.25, -0.2) is 8.78 Å². The van der Waals surface area contributed by atoms with Gasteiger partial charge in [0.15, 0.2) is 0 Å². The van der Waals surface area contributed by atoms with E-state index in [9.17, 15) is 8.78 Å². The molecule has 1 aromatic rings. The Morgan fingerprint density at radius 2 is 2.00 bits per heavy atom. The molecule has 0 atom stereocenters. The zero-order valence-corrected chi connectivity index (χ0v) is 7.94. The van der Waals surface area contributed by atoms with Gasteiger partial charge in [-0.15, -0.1) is 0 Å². The van der Waals surface area contributed by atoms with E-state index in [2.05, 4.69) is 0 Å². The number of benzene rings is 1. The molecular weight excluding hydrogens is 184 g/mol. The van der Waals surface area contributed by atoms with Crippen molar-refractivity contribution in [2.24, 2.45) is 0 Å². The summed E-state index contributed by atoms with van der Waals surface area (Å²) in [4.78, 5) is 0. The Bertz CT molecular complexity index is 428. The Morgan fingerprint density at radius 3 is 2.57 bits per heavy atom. The zero-order valence-electron chi connectivity index (χ0n) is 7.94. The van der Waals surface area contributed by atoms with Gasteiger partial charge >= 0.3 is 0 Å². The second-order valence-corrected chi connectivity index (χ2v) is 3.04. The molecule has 1 rings (SSSR count). The fourth-order valence-corrected chi connectivity index (χ4v) is 1.12. The molecule has 0 unspecified atom stereocenters. The van der Waals surface area contributed by atoms with Gasteiger partial charge in [-0.05, 0) is 37.1 Å². The van der Waals surface area contributed by atoms with Gasteiger partial charge in [-0.3, -0.25) is 0 Å². The van der Waals surface area contributed by atoms with Gasteiger partial charge in [-0.1, -0.05) is 0 Å². The summed E-state index contributed by atoms with van der Waals surface area (Å²) in [6.07, 6.45) is 1.19. The molecule has 0 aliphatic rings. The highest BCUT2D eigenvalue weighted by Crippen LogP contribution is 2.20. The molecule has 1 nitrogen and oxygen atoms in total. The van der Waals surface area contributed by atoms with Crippen LogP contribution in [0.4, 0.5) is 8.78 Å². The lowest BCUT2D eigenvalue weighted by Crippen LogP contribution is -1.92. The van der Waals surface area contributed by atoms with E-state index >= 15 is 0 Å². The van der Waals surface area contributed by atoms with Crippen molar-refractivity contribution in [2.75, 3.05) is 0 Å². The molecule has 0 aromatic heterocycles. The molecular formula is C11H9F2N. The van der Waals surface area contributed by atoms with E-state index in [0.717, 1.165) is 12.1 Å². The highest BCUT2D eigenvalue weighted by molar-refractivity contribution is 5.66. The number of hydrogen-bond acceptors (Lipinski definition) is 1. The molecule has 0 amide bonds. The fourth-order valence-electron chi connectivity index (χ4n) is 1.12. The molecule has 0 saturated carbocycles. The Balaban J connectivity index is 3.31. The number of rotatable bonds is 1. The van der Waals surface area contributed by atoms with E-state index in [4.69, 9.17) is 5.26 Å². The van der Waals surface area contributed by atoms with Crippen molar-refractivity contribution >= 4 is 5.57 Å². The summed E-state index contributed by atoms with van der Waals surface area (Å²) in [5.74, 6) is -0.972. The van der Waals surface area contributed by atoms with Crippen LogP contribution in [-0.2, 0) is 0 Å². The van der Waals surface area contributed by atoms with E-state index in [0.29, 0.717) is 5.57 Å². The van der Waals surface area contributed by atoms with E-state index in [1.807, 2.05) is 0 Å². The first-order valence-corrected chi connectivity index (χ1v) is 4.08. The molecule has 3 heteroatoms. The van der Waals surface area contributed by atoms with Crippen LogP contribution in [-0.4, -0.2) is 0 Å². The average molecular weight is 193 g/mol. The number of nitrogens with zero attached hydrogens (tertiary/aromatic N) is 1. The summed E-state index contributed by atoms with van der Waals surface area (Å²) >= 11 is 0. The van der Waals surface area contributed by atoms with E-state index in [1.165, 1.54) is 13.0 Å². The van der Waals surface area contributed by atoms with Crippen LogP contribution in [0, 0.1) is 29.9 Å². The molecule has 0 spiro atoms. The molecule has 0 aliphatic heterocycles. The Hall–Kier alpha value is -1.69. The second kappa shape index (κ2) is 4.01. The predicted molar refractivity (Wildman–Crippen MR) is 50.4 cm³/mol. The van der Waals surface area contributed by atoms with Crippen molar-refractivity contribution in [1.29, 1.82) is 5.26 Å². The van der Waals surface area contributed by atoms with Gasteiger partial charge in [0.25, 0.3) is 0 Å². The standard InChI is InChI=1S/C11H9F2N/c1-7(3-4-14)9-6-10(12)8(2)5-11(9)13/h3,5-6H,1-2H3. The molecule has 0 heterocycles. The summed E-state index contributed by atoms with van der Waals surface area (Å²) in [6.45, 7) is 3.06. The van der Waals surface area contributed by atoms with Gasteiger partial charge in [-0.2, -0.15) is 5.26 Å². The van der Waals surface area contributed by atoms with Crippen LogP contribution in [0.15, 0.2) is 18.2 Å². The van der Waals surface area contributed by atoms with Crippen molar-refractivity contribution in [2.45, 2.75) is 13.8 Å². The summed E-state index contributed by atoms with van der Waals surface area (Å²) in [6, 6.07) is 4.01. The molecule has 1 aromatic carbocycles. The van der Waals surface area contributed by atoms with E-state index in [-0.39, 0.29) is 11.1 Å². The first-order valence-electron chi connectivity index (χ1n) is 4.08. The number of halogens is 2. The molecule has 0 radical (unpaired) electrons. The zero-order chi connectivity index (χ0) is 10.7. The minimum absolute atomic E-state index is 0.134. The normalized spacial score (nSPS) is 11.2. The maximum Gasteiger partial charge on any atom is 0.131 e. The summed E-state index contributed by atoms with van der Waals surface area (Å²) in [5, 5.41) is 8.37. The van der Waals surface area contributed by atoms with Crippen LogP contribution >= 0.6 is 0 Å². The molecule has 72 valence electrons. The number of allylic oxidation sites excluding steroid dienone is 2. The third-order valence-corrected chi connectivity index (χ3v) is 1.95. The Kier molecular flexibility index (Phi) is 2.98. The van der Waals surface area contributed by atoms with Gasteiger partial charge in [0.2, 0.25) is 0 Å². The Morgan fingerprint density at radius 1 is 1.36 bits per heavy atom. The van der Waals surface area contributed by atoms with Crippen molar-refractivity contribution in [3.05, 3.63) is 41.0 Å². The maximum absolute atomic E-state index is 13.3. The van der Waals surface area contributed by atoms with Gasteiger partial charge < -0.3 is 0 Å². The van der Waals surface area contributed by atoms with Crippen LogP contribution in [0.2, 0.25) is 0 Å². The van der Waals surface area contributed by atoms with E-state index in [1.54, 1.807) is 13.0 Å².